The van der Waals surface area contributed by atoms with Crippen LogP contribution in [-0.4, -0.2) is 19.4 Å². The number of nitrogens with zero attached hydrogens (tertiary/aromatic N) is 1. The number of anilines is 1. The monoisotopic (exact) mass is 267 g/mol. The Bertz CT molecular complexity index is 484. The lowest BCUT2D eigenvalue weighted by atomic mass is 9.81. The van der Waals surface area contributed by atoms with Gasteiger partial charge in [-0.15, -0.1) is 4.91 Å². The first kappa shape index (κ1) is 13.0. The van der Waals surface area contributed by atoms with Gasteiger partial charge in [0.05, 0.1) is 0 Å². The van der Waals surface area contributed by atoms with Crippen molar-refractivity contribution >= 4 is 23.5 Å². The average Bonchev–Trinajstić information content (AvgIpc) is 2.38. The predicted octanol–water partition coefficient (Wildman–Crippen LogP) is 2.69. The number of nitroso groups, excluding NO2 is 1. The van der Waals surface area contributed by atoms with E-state index >= 15 is 0 Å². The van der Waals surface area contributed by atoms with E-state index in [9.17, 15) is 4.91 Å². The normalized spacial score (nSPS) is 18.3. The van der Waals surface area contributed by atoms with Crippen molar-refractivity contribution in [1.82, 2.24) is 0 Å². The number of benzene rings is 1. The van der Waals surface area contributed by atoms with Crippen molar-refractivity contribution in [1.29, 1.82) is 5.41 Å². The maximum absolute atomic E-state index is 11.3. The van der Waals surface area contributed by atoms with E-state index < -0.39 is 5.54 Å². The Labute approximate surface area is 110 Å². The van der Waals surface area contributed by atoms with Crippen molar-refractivity contribution in [2.24, 2.45) is 5.18 Å². The second kappa shape index (κ2) is 5.04. The molecule has 1 fully saturated rings. The Morgan fingerprint density at radius 1 is 1.44 bits per heavy atom. The van der Waals surface area contributed by atoms with E-state index in [4.69, 9.17) is 27.5 Å². The zero-order valence-electron chi connectivity index (χ0n) is 9.78. The number of hydrogen-bond acceptors (Lipinski definition) is 5. The molecule has 96 valence electrons. The number of nitrogens with two attached hydrogens (primary N) is 1. The van der Waals surface area contributed by atoms with Gasteiger partial charge in [0.25, 0.3) is 0 Å². The Balaban J connectivity index is 2.60. The molecule has 5 nitrogen and oxygen atoms in total. The highest BCUT2D eigenvalue weighted by molar-refractivity contribution is 6.31. The number of halogens is 1. The zero-order valence-corrected chi connectivity index (χ0v) is 10.5. The van der Waals surface area contributed by atoms with Gasteiger partial charge in [0.2, 0.25) is 0 Å². The minimum Gasteiger partial charge on any atom is -0.398 e. The molecule has 1 aromatic rings. The molecule has 1 saturated heterocycles. The summed E-state index contributed by atoms with van der Waals surface area (Å²) in [6.45, 7) is 0.936. The van der Waals surface area contributed by atoms with E-state index in [1.807, 2.05) is 0 Å². The summed E-state index contributed by atoms with van der Waals surface area (Å²) in [5.74, 6) is 0. The molecule has 0 saturated carbocycles. The van der Waals surface area contributed by atoms with Gasteiger partial charge in [0.15, 0.2) is 0 Å². The first-order valence-electron chi connectivity index (χ1n) is 5.65. The average molecular weight is 268 g/mol. The number of nitrogens with one attached hydrogen (secondary N) is 1. The standard InChI is InChI=1S/C12H14ClN3O2/c13-8-5-10(9(7-14)11(15)6-8)12(16-17)1-3-18-4-2-12/h5-7,14H,1-4,15H2. The first-order chi connectivity index (χ1) is 8.63. The molecule has 0 aliphatic carbocycles. The minimum absolute atomic E-state index is 0.391. The van der Waals surface area contributed by atoms with Gasteiger partial charge >= 0.3 is 0 Å². The van der Waals surface area contributed by atoms with Crippen LogP contribution in [0.1, 0.15) is 24.0 Å². The molecule has 0 amide bonds. The van der Waals surface area contributed by atoms with Gasteiger partial charge in [0.1, 0.15) is 5.54 Å². The Hall–Kier alpha value is -1.46. The molecular formula is C12H14ClN3O2. The van der Waals surface area contributed by atoms with Crippen LogP contribution in [0.15, 0.2) is 17.3 Å². The topological polar surface area (TPSA) is 88.5 Å². The van der Waals surface area contributed by atoms with Crippen LogP contribution < -0.4 is 5.73 Å². The van der Waals surface area contributed by atoms with Gasteiger partial charge in [-0.3, -0.25) is 0 Å². The van der Waals surface area contributed by atoms with Crippen molar-refractivity contribution in [3.63, 3.8) is 0 Å². The van der Waals surface area contributed by atoms with Crippen LogP contribution in [0.2, 0.25) is 5.02 Å². The molecule has 1 aliphatic heterocycles. The highest BCUT2D eigenvalue weighted by atomic mass is 35.5. The molecule has 3 N–H and O–H groups in total. The molecule has 1 heterocycles. The molecule has 0 bridgehead atoms. The lowest BCUT2D eigenvalue weighted by Gasteiger charge is -2.32. The van der Waals surface area contributed by atoms with Crippen LogP contribution >= 0.6 is 11.6 Å². The fourth-order valence-electron chi connectivity index (χ4n) is 2.30. The SMILES string of the molecule is N=Cc1c(N)cc(Cl)cc1C1(N=O)CCOCC1. The van der Waals surface area contributed by atoms with Gasteiger partial charge in [-0.05, 0) is 17.7 Å². The van der Waals surface area contributed by atoms with Gasteiger partial charge in [0, 0.05) is 48.5 Å². The predicted molar refractivity (Wildman–Crippen MR) is 71.3 cm³/mol. The van der Waals surface area contributed by atoms with E-state index in [-0.39, 0.29) is 0 Å². The number of hydrogen-bond donors (Lipinski definition) is 2. The van der Waals surface area contributed by atoms with Crippen LogP contribution in [0.5, 0.6) is 0 Å². The van der Waals surface area contributed by atoms with Gasteiger partial charge in [-0.2, -0.15) is 0 Å². The third kappa shape index (κ3) is 2.11. The number of rotatable bonds is 3. The lowest BCUT2D eigenvalue weighted by Crippen LogP contribution is -2.32. The largest absolute Gasteiger partial charge is 0.398 e. The Morgan fingerprint density at radius 2 is 2.11 bits per heavy atom. The summed E-state index contributed by atoms with van der Waals surface area (Å²) >= 11 is 5.99. The van der Waals surface area contributed by atoms with Crippen LogP contribution in [0, 0.1) is 10.3 Å². The summed E-state index contributed by atoms with van der Waals surface area (Å²) in [5, 5.41) is 11.2. The molecule has 0 unspecified atom stereocenters. The molecule has 18 heavy (non-hydrogen) atoms. The van der Waals surface area contributed by atoms with Crippen molar-refractivity contribution in [3.8, 4) is 0 Å². The molecule has 0 atom stereocenters. The lowest BCUT2D eigenvalue weighted by molar-refractivity contribution is 0.0525. The van der Waals surface area contributed by atoms with Gasteiger partial charge in [-0.1, -0.05) is 16.8 Å². The summed E-state index contributed by atoms with van der Waals surface area (Å²) in [4.78, 5) is 11.3. The summed E-state index contributed by atoms with van der Waals surface area (Å²) < 4.78 is 5.26. The Morgan fingerprint density at radius 3 is 2.67 bits per heavy atom. The van der Waals surface area contributed by atoms with Crippen molar-refractivity contribution in [2.75, 3.05) is 18.9 Å². The summed E-state index contributed by atoms with van der Waals surface area (Å²) in [6, 6.07) is 3.24. The van der Waals surface area contributed by atoms with Crippen LogP contribution in [0.25, 0.3) is 0 Å². The fraction of sp³-hybridized carbons (Fsp3) is 0.417. The first-order valence-corrected chi connectivity index (χ1v) is 6.03. The quantitative estimate of drug-likeness (QED) is 0.501. The van der Waals surface area contributed by atoms with Crippen molar-refractivity contribution in [3.05, 3.63) is 33.2 Å². The van der Waals surface area contributed by atoms with Crippen LogP contribution in [-0.2, 0) is 10.3 Å². The van der Waals surface area contributed by atoms with E-state index in [0.717, 1.165) is 6.21 Å². The van der Waals surface area contributed by atoms with E-state index in [0.29, 0.717) is 47.9 Å². The molecule has 2 rings (SSSR count). The molecule has 6 heteroatoms. The molecule has 0 aromatic heterocycles. The van der Waals surface area contributed by atoms with E-state index in [2.05, 4.69) is 5.18 Å². The third-order valence-electron chi connectivity index (χ3n) is 3.32. The molecule has 0 radical (unpaired) electrons. The van der Waals surface area contributed by atoms with Crippen LogP contribution in [0.3, 0.4) is 0 Å². The number of nitrogen functional groups attached to an aromatic ring is 1. The maximum atomic E-state index is 11.3. The smallest absolute Gasteiger partial charge is 0.133 e. The van der Waals surface area contributed by atoms with Gasteiger partial charge < -0.3 is 15.9 Å². The highest BCUT2D eigenvalue weighted by Gasteiger charge is 2.38. The number of ether oxygens (including phenoxy) is 1. The van der Waals surface area contributed by atoms with Crippen LogP contribution in [0.4, 0.5) is 5.69 Å². The Kier molecular flexibility index (Phi) is 3.63. The van der Waals surface area contributed by atoms with E-state index in [1.165, 1.54) is 0 Å². The summed E-state index contributed by atoms with van der Waals surface area (Å²) in [5.41, 5.74) is 6.49. The van der Waals surface area contributed by atoms with Crippen molar-refractivity contribution < 1.29 is 4.74 Å². The summed E-state index contributed by atoms with van der Waals surface area (Å²) in [6.07, 6.45) is 2.11. The third-order valence-corrected chi connectivity index (χ3v) is 3.54. The second-order valence-electron chi connectivity index (χ2n) is 4.34. The molecule has 0 spiro atoms. The summed E-state index contributed by atoms with van der Waals surface area (Å²) in [7, 11) is 0. The molecule has 1 aliphatic rings. The highest BCUT2D eigenvalue weighted by Crippen LogP contribution is 2.40. The molecule has 1 aromatic carbocycles. The fourth-order valence-corrected chi connectivity index (χ4v) is 2.53. The zero-order chi connectivity index (χ0) is 13.2. The van der Waals surface area contributed by atoms with Crippen molar-refractivity contribution in [2.45, 2.75) is 18.4 Å². The second-order valence-corrected chi connectivity index (χ2v) is 4.77. The van der Waals surface area contributed by atoms with Gasteiger partial charge in [-0.25, -0.2) is 0 Å². The molecular weight excluding hydrogens is 254 g/mol. The van der Waals surface area contributed by atoms with E-state index in [1.54, 1.807) is 12.1 Å². The minimum atomic E-state index is -0.885. The maximum Gasteiger partial charge on any atom is 0.133 e.